The van der Waals surface area contributed by atoms with Gasteiger partial charge < -0.3 is 58.7 Å². The Labute approximate surface area is 255 Å². The van der Waals surface area contributed by atoms with Crippen molar-refractivity contribution in [2.24, 2.45) is 0 Å². The molecule has 5 N–H and O–H groups in total. The molecule has 5 atom stereocenters. The van der Waals surface area contributed by atoms with Gasteiger partial charge >= 0.3 is 17.9 Å². The zero-order valence-electron chi connectivity index (χ0n) is 24.1. The summed E-state index contributed by atoms with van der Waals surface area (Å²) in [5.41, 5.74) is -0.424. The van der Waals surface area contributed by atoms with Crippen molar-refractivity contribution in [1.29, 1.82) is 0 Å². The van der Waals surface area contributed by atoms with Gasteiger partial charge in [-0.25, -0.2) is 14.4 Å². The summed E-state index contributed by atoms with van der Waals surface area (Å²) in [6, 6.07) is 10.9. The second-order valence-corrected chi connectivity index (χ2v) is 9.56. The molecule has 1 fully saturated rings. The molecular weight excluding hydrogens is 600 g/mol. The average Bonchev–Trinajstić information content (AvgIpc) is 3.03. The van der Waals surface area contributed by atoms with Crippen LogP contribution in [-0.4, -0.2) is 102 Å². The fourth-order valence-corrected chi connectivity index (χ4v) is 4.33. The van der Waals surface area contributed by atoms with Crippen LogP contribution in [0.15, 0.2) is 54.6 Å². The maximum Gasteiger partial charge on any atom is 0.340 e. The number of methoxy groups -OCH3 is 3. The number of esters is 3. The van der Waals surface area contributed by atoms with E-state index in [2.05, 4.69) is 0 Å². The zero-order valence-corrected chi connectivity index (χ0v) is 24.1. The van der Waals surface area contributed by atoms with Gasteiger partial charge in [0.05, 0.1) is 38.0 Å². The third-order valence-corrected chi connectivity index (χ3v) is 6.73. The van der Waals surface area contributed by atoms with E-state index in [1.807, 2.05) is 0 Å². The van der Waals surface area contributed by atoms with Gasteiger partial charge in [-0.05, 0) is 54.6 Å². The number of carbonyl (C=O) groups is 3. The molecule has 45 heavy (non-hydrogen) atoms. The monoisotopic (exact) mass is 630 g/mol. The van der Waals surface area contributed by atoms with Gasteiger partial charge in [-0.1, -0.05) is 0 Å². The molecule has 1 saturated heterocycles. The van der Waals surface area contributed by atoms with Gasteiger partial charge in [-0.2, -0.15) is 0 Å². The van der Waals surface area contributed by atoms with Crippen LogP contribution in [0.5, 0.6) is 34.5 Å². The van der Waals surface area contributed by atoms with Crippen LogP contribution >= 0.6 is 0 Å². The highest BCUT2D eigenvalue weighted by Crippen LogP contribution is 2.31. The van der Waals surface area contributed by atoms with E-state index in [1.165, 1.54) is 57.7 Å². The molecule has 0 spiro atoms. The van der Waals surface area contributed by atoms with Crippen molar-refractivity contribution in [3.63, 3.8) is 0 Å². The molecule has 0 saturated carbocycles. The summed E-state index contributed by atoms with van der Waals surface area (Å²) < 4.78 is 36.3. The smallest absolute Gasteiger partial charge is 0.340 e. The number of hydrogen-bond donors (Lipinski definition) is 5. The minimum Gasteiger partial charge on any atom is -0.504 e. The second-order valence-electron chi connectivity index (χ2n) is 9.56. The van der Waals surface area contributed by atoms with Crippen molar-refractivity contribution in [1.82, 2.24) is 0 Å². The lowest BCUT2D eigenvalue weighted by molar-refractivity contribution is -0.284. The maximum absolute atomic E-state index is 12.9. The number of benzene rings is 3. The Morgan fingerprint density at radius 2 is 1.07 bits per heavy atom. The molecule has 4 rings (SSSR count). The molecule has 0 radical (unpaired) electrons. The minimum absolute atomic E-state index is 0.0706. The fourth-order valence-electron chi connectivity index (χ4n) is 4.33. The predicted molar refractivity (Wildman–Crippen MR) is 150 cm³/mol. The summed E-state index contributed by atoms with van der Waals surface area (Å²) >= 11 is 0. The van der Waals surface area contributed by atoms with Crippen molar-refractivity contribution in [2.45, 2.75) is 30.7 Å². The number of rotatable bonds is 10. The molecule has 3 aromatic carbocycles. The molecule has 3 aromatic rings. The van der Waals surface area contributed by atoms with Crippen LogP contribution in [0.3, 0.4) is 0 Å². The molecule has 1 aliphatic heterocycles. The van der Waals surface area contributed by atoms with Gasteiger partial charge in [-0.15, -0.1) is 0 Å². The lowest BCUT2D eigenvalue weighted by atomic mass is 9.98. The number of carbonyl (C=O) groups excluding carboxylic acids is 3. The number of phenols is 3. The third-order valence-electron chi connectivity index (χ3n) is 6.73. The number of ether oxygens (including phenoxy) is 7. The van der Waals surface area contributed by atoms with Crippen LogP contribution < -0.4 is 14.2 Å². The Kier molecular flexibility index (Phi) is 10.2. The molecule has 0 bridgehead atoms. The normalized spacial score (nSPS) is 20.9. The Balaban J connectivity index is 1.56. The van der Waals surface area contributed by atoms with E-state index in [0.717, 1.165) is 18.2 Å². The fraction of sp³-hybridized carbons (Fsp3) is 0.300. The second kappa shape index (κ2) is 14.0. The summed E-state index contributed by atoms with van der Waals surface area (Å²) in [5.74, 6) is -3.96. The highest BCUT2D eigenvalue weighted by Gasteiger charge is 2.49. The molecule has 15 nitrogen and oxygen atoms in total. The molecule has 0 unspecified atom stereocenters. The van der Waals surface area contributed by atoms with E-state index < -0.39 is 55.2 Å². The third kappa shape index (κ3) is 7.29. The molecule has 0 amide bonds. The summed E-state index contributed by atoms with van der Waals surface area (Å²) in [6.07, 6.45) is -8.98. The predicted octanol–water partition coefficient (Wildman–Crippen LogP) is 1.52. The van der Waals surface area contributed by atoms with Crippen molar-refractivity contribution in [2.75, 3.05) is 27.9 Å². The van der Waals surface area contributed by atoms with Gasteiger partial charge in [0.1, 0.15) is 18.8 Å². The van der Waals surface area contributed by atoms with Gasteiger partial charge in [-0.3, -0.25) is 0 Å². The summed E-state index contributed by atoms with van der Waals surface area (Å²) in [4.78, 5) is 38.5. The van der Waals surface area contributed by atoms with Gasteiger partial charge in [0.25, 0.3) is 0 Å². The summed E-state index contributed by atoms with van der Waals surface area (Å²) in [7, 11) is 3.94. The SMILES string of the molecule is COc1ccc(C(=O)OC[C@H]2O[C@H](OC(=O)c3ccc(OC)c(O)c3)[C@H](O)[C@@H](OC(=O)c3ccc(OC)c(O)c3)[C@@H]2O)cc1O. The molecular formula is C30H30O15. The van der Waals surface area contributed by atoms with E-state index in [-0.39, 0.29) is 51.2 Å². The van der Waals surface area contributed by atoms with Gasteiger partial charge in [0.2, 0.25) is 6.29 Å². The van der Waals surface area contributed by atoms with E-state index in [1.54, 1.807) is 0 Å². The highest BCUT2D eigenvalue weighted by molar-refractivity contribution is 5.91. The van der Waals surface area contributed by atoms with E-state index >= 15 is 0 Å². The highest BCUT2D eigenvalue weighted by atomic mass is 16.7. The maximum atomic E-state index is 12.9. The average molecular weight is 631 g/mol. The minimum atomic E-state index is -1.96. The van der Waals surface area contributed by atoms with Crippen LogP contribution in [0.1, 0.15) is 31.1 Å². The van der Waals surface area contributed by atoms with Gasteiger partial charge in [0.15, 0.2) is 46.7 Å². The van der Waals surface area contributed by atoms with E-state index in [4.69, 9.17) is 33.2 Å². The largest absolute Gasteiger partial charge is 0.504 e. The number of aliphatic hydroxyl groups excluding tert-OH is 2. The number of phenolic OH excluding ortho intramolecular Hbond substituents is 3. The lowest BCUT2D eigenvalue weighted by Gasteiger charge is -2.41. The van der Waals surface area contributed by atoms with Crippen LogP contribution in [0, 0.1) is 0 Å². The van der Waals surface area contributed by atoms with Crippen molar-refractivity contribution in [3.8, 4) is 34.5 Å². The topological polar surface area (TPSA) is 217 Å². The molecule has 0 aromatic heterocycles. The Morgan fingerprint density at radius 1 is 0.644 bits per heavy atom. The van der Waals surface area contributed by atoms with Crippen LogP contribution in [0.2, 0.25) is 0 Å². The molecule has 240 valence electrons. The lowest BCUT2D eigenvalue weighted by Crippen LogP contribution is -2.61. The first-order valence-corrected chi connectivity index (χ1v) is 13.2. The van der Waals surface area contributed by atoms with Crippen LogP contribution in [-0.2, 0) is 18.9 Å². The first-order valence-electron chi connectivity index (χ1n) is 13.2. The first-order chi connectivity index (χ1) is 21.5. The van der Waals surface area contributed by atoms with Crippen molar-refractivity contribution < 1.29 is 73.1 Å². The molecule has 0 aliphatic carbocycles. The number of aliphatic hydroxyl groups is 2. The summed E-state index contributed by atoms with van der Waals surface area (Å²) in [6.45, 7) is -0.686. The molecule has 1 heterocycles. The molecule has 1 aliphatic rings. The van der Waals surface area contributed by atoms with E-state index in [9.17, 15) is 39.9 Å². The number of aromatic hydroxyl groups is 3. The van der Waals surface area contributed by atoms with Crippen molar-refractivity contribution in [3.05, 3.63) is 71.3 Å². The van der Waals surface area contributed by atoms with Crippen molar-refractivity contribution >= 4 is 17.9 Å². The molecule has 15 heteroatoms. The summed E-state index contributed by atoms with van der Waals surface area (Å²) in [5, 5.41) is 52.1. The zero-order chi connectivity index (χ0) is 32.8. The Morgan fingerprint density at radius 3 is 1.49 bits per heavy atom. The van der Waals surface area contributed by atoms with E-state index in [0.29, 0.717) is 0 Å². The quantitative estimate of drug-likeness (QED) is 0.158. The Bertz CT molecular complexity index is 1550. The van der Waals surface area contributed by atoms with Crippen LogP contribution in [0.25, 0.3) is 0 Å². The standard InChI is InChI=1S/C30H30O15/c1-39-20-7-4-14(10-17(20)31)27(36)42-13-23-24(34)26(44-28(37)15-5-8-21(40-2)18(32)11-15)25(35)30(43-23)45-29(38)16-6-9-22(41-3)19(33)12-16/h4-12,23-26,30-35H,13H2,1-3H3/t23-,24-,25-,26+,30-/m1/s1. The van der Waals surface area contributed by atoms with Gasteiger partial charge in [0, 0.05) is 0 Å². The number of hydrogen-bond acceptors (Lipinski definition) is 15. The Hall–Kier alpha value is -5.25. The first kappa shape index (κ1) is 32.7. The van der Waals surface area contributed by atoms with Crippen LogP contribution in [0.4, 0.5) is 0 Å².